The topological polar surface area (TPSA) is 15.8 Å². The number of fused-ring (bicyclic) bond motifs is 3. The van der Waals surface area contributed by atoms with Crippen molar-refractivity contribution in [3.8, 4) is 0 Å². The summed E-state index contributed by atoms with van der Waals surface area (Å²) in [7, 11) is 0. The van der Waals surface area contributed by atoms with Gasteiger partial charge in [0.05, 0.1) is 0 Å². The Kier molecular flexibility index (Phi) is 1.30. The van der Waals surface area contributed by atoms with Crippen LogP contribution in [0.3, 0.4) is 0 Å². The minimum absolute atomic E-state index is 0.318. The third-order valence-electron chi connectivity index (χ3n) is 1.82. The molecule has 3 rings (SSSR count). The summed E-state index contributed by atoms with van der Waals surface area (Å²) >= 11 is 2.65. The van der Waals surface area contributed by atoms with Crippen LogP contribution < -0.4 is 21.2 Å². The van der Waals surface area contributed by atoms with Gasteiger partial charge in [0.25, 0.3) is 0 Å². The standard InChI is InChI=1S/C8H4I2N/c9-7-3-4-6(11-7)2-1-5-8(4)10-5/h1-3,11H/q-1. The van der Waals surface area contributed by atoms with Gasteiger partial charge in [0, 0.05) is 0 Å². The van der Waals surface area contributed by atoms with Gasteiger partial charge in [-0.05, 0) is 0 Å². The van der Waals surface area contributed by atoms with Gasteiger partial charge in [-0.25, -0.2) is 0 Å². The Labute approximate surface area is 88.0 Å². The van der Waals surface area contributed by atoms with Crippen LogP contribution in [0.5, 0.6) is 0 Å². The maximum atomic E-state index is 3.34. The molecule has 0 amide bonds. The second-order valence-electron chi connectivity index (χ2n) is 2.53. The molecule has 1 aromatic carbocycles. The molecule has 0 spiro atoms. The fraction of sp³-hybridized carbons (Fsp3) is 0. The normalized spacial score (nSPS) is 14.3. The first-order valence-electron chi connectivity index (χ1n) is 3.30. The Morgan fingerprint density at radius 3 is 3.18 bits per heavy atom. The van der Waals surface area contributed by atoms with Crippen LogP contribution in [0.2, 0.25) is 0 Å². The zero-order chi connectivity index (χ0) is 7.42. The summed E-state index contributed by atoms with van der Waals surface area (Å²) in [6.07, 6.45) is 0. The molecule has 0 radical (unpaired) electrons. The van der Waals surface area contributed by atoms with E-state index in [1.165, 1.54) is 14.6 Å². The summed E-state index contributed by atoms with van der Waals surface area (Å²) in [5.74, 6) is 0. The van der Waals surface area contributed by atoms with Gasteiger partial charge in [0.1, 0.15) is 0 Å². The average molecular weight is 368 g/mol. The van der Waals surface area contributed by atoms with Gasteiger partial charge in [0.2, 0.25) is 0 Å². The van der Waals surface area contributed by atoms with Gasteiger partial charge in [-0.1, -0.05) is 0 Å². The Balaban J connectivity index is 2.55. The van der Waals surface area contributed by atoms with Crippen molar-refractivity contribution in [3.05, 3.63) is 29.0 Å². The molecular weight excluding hydrogens is 364 g/mol. The molecule has 11 heavy (non-hydrogen) atoms. The van der Waals surface area contributed by atoms with Crippen LogP contribution in [0.25, 0.3) is 10.9 Å². The monoisotopic (exact) mass is 368 g/mol. The van der Waals surface area contributed by atoms with E-state index in [1.807, 2.05) is 0 Å². The second-order valence-corrected chi connectivity index (χ2v) is 6.48. The Hall–Kier alpha value is 0.220. The van der Waals surface area contributed by atoms with E-state index in [1.54, 1.807) is 7.14 Å². The Bertz CT molecular complexity index is 445. The van der Waals surface area contributed by atoms with E-state index < -0.39 is 0 Å². The molecule has 1 N–H and O–H groups in total. The molecule has 0 aliphatic carbocycles. The van der Waals surface area contributed by atoms with Crippen LogP contribution in [-0.4, -0.2) is 4.98 Å². The van der Waals surface area contributed by atoms with Crippen molar-refractivity contribution in [2.75, 3.05) is 0 Å². The molecule has 2 heterocycles. The van der Waals surface area contributed by atoms with Crippen LogP contribution in [-0.2, 0) is 0 Å². The number of H-pyrrole nitrogens is 1. The van der Waals surface area contributed by atoms with Gasteiger partial charge in [-0.3, -0.25) is 0 Å². The number of halogens is 2. The summed E-state index contributed by atoms with van der Waals surface area (Å²) in [5.41, 5.74) is 1.31. The molecule has 56 valence electrons. The number of benzene rings is 1. The molecule has 2 aromatic rings. The number of hydrogen-bond acceptors (Lipinski definition) is 0. The summed E-state index contributed by atoms with van der Waals surface area (Å²) < 4.78 is 4.54. The number of hydrogen-bond donors (Lipinski definition) is 1. The molecule has 3 heteroatoms. The Morgan fingerprint density at radius 1 is 1.36 bits per heavy atom. The quantitative estimate of drug-likeness (QED) is 0.501. The zero-order valence-electron chi connectivity index (χ0n) is 5.49. The fourth-order valence-corrected chi connectivity index (χ4v) is 3.88. The summed E-state index contributed by atoms with van der Waals surface area (Å²) in [4.78, 5) is 3.34. The summed E-state index contributed by atoms with van der Waals surface area (Å²) in [6, 6.07) is 6.71. The third-order valence-corrected chi connectivity index (χ3v) is 5.04. The predicted molar refractivity (Wildman–Crippen MR) is 48.4 cm³/mol. The second kappa shape index (κ2) is 2.12. The average Bonchev–Trinajstić information content (AvgIpc) is 2.67. The molecule has 1 aromatic heterocycles. The molecule has 1 nitrogen and oxygen atoms in total. The van der Waals surface area contributed by atoms with Crippen molar-refractivity contribution in [3.63, 3.8) is 0 Å². The number of aromatic nitrogens is 1. The summed E-state index contributed by atoms with van der Waals surface area (Å²) in [6.45, 7) is 0. The van der Waals surface area contributed by atoms with Crippen molar-refractivity contribution < 1.29 is 21.2 Å². The van der Waals surface area contributed by atoms with E-state index in [4.69, 9.17) is 0 Å². The van der Waals surface area contributed by atoms with Crippen LogP contribution in [0, 0.1) is 10.8 Å². The molecule has 0 saturated carbocycles. The van der Waals surface area contributed by atoms with E-state index >= 15 is 0 Å². The number of rotatable bonds is 0. The van der Waals surface area contributed by atoms with Crippen LogP contribution in [0.1, 0.15) is 0 Å². The molecular formula is C8H4I2N-. The minimum atomic E-state index is 0.318. The maximum absolute atomic E-state index is 3.34. The number of nitrogens with one attached hydrogen (secondary N) is 1. The van der Waals surface area contributed by atoms with Crippen LogP contribution in [0.4, 0.5) is 0 Å². The van der Waals surface area contributed by atoms with Gasteiger partial charge >= 0.3 is 88.7 Å². The van der Waals surface area contributed by atoms with Crippen molar-refractivity contribution in [2.24, 2.45) is 0 Å². The fourth-order valence-electron chi connectivity index (χ4n) is 1.27. The van der Waals surface area contributed by atoms with Crippen molar-refractivity contribution in [1.29, 1.82) is 0 Å². The van der Waals surface area contributed by atoms with Crippen molar-refractivity contribution in [1.82, 2.24) is 4.98 Å². The molecule has 0 atom stereocenters. The molecule has 0 bridgehead atoms. The van der Waals surface area contributed by atoms with Crippen LogP contribution >= 0.6 is 22.6 Å². The van der Waals surface area contributed by atoms with Crippen LogP contribution in [0.15, 0.2) is 18.2 Å². The van der Waals surface area contributed by atoms with Gasteiger partial charge in [-0.2, -0.15) is 0 Å². The Morgan fingerprint density at radius 2 is 2.27 bits per heavy atom. The summed E-state index contributed by atoms with van der Waals surface area (Å²) in [5, 5.41) is 1.47. The van der Waals surface area contributed by atoms with E-state index in [9.17, 15) is 0 Å². The molecule has 0 unspecified atom stereocenters. The molecule has 0 fully saturated rings. The van der Waals surface area contributed by atoms with E-state index in [2.05, 4.69) is 45.8 Å². The molecule has 1 aliphatic heterocycles. The number of aromatic amines is 1. The first-order chi connectivity index (χ1) is 5.34. The van der Waals surface area contributed by atoms with E-state index in [-0.39, 0.29) is 0 Å². The molecule has 1 aliphatic rings. The van der Waals surface area contributed by atoms with Gasteiger partial charge in [-0.15, -0.1) is 0 Å². The van der Waals surface area contributed by atoms with Gasteiger partial charge < -0.3 is 0 Å². The third kappa shape index (κ3) is 0.932. The van der Waals surface area contributed by atoms with E-state index in [0.717, 1.165) is 0 Å². The zero-order valence-corrected chi connectivity index (χ0v) is 9.80. The molecule has 0 saturated heterocycles. The predicted octanol–water partition coefficient (Wildman–Crippen LogP) is -0.786. The van der Waals surface area contributed by atoms with E-state index in [0.29, 0.717) is 21.2 Å². The first-order valence-corrected chi connectivity index (χ1v) is 6.54. The first kappa shape index (κ1) is 6.71. The van der Waals surface area contributed by atoms with Gasteiger partial charge in [0.15, 0.2) is 0 Å². The van der Waals surface area contributed by atoms with Crippen molar-refractivity contribution >= 4 is 33.5 Å². The van der Waals surface area contributed by atoms with Crippen molar-refractivity contribution in [2.45, 2.75) is 0 Å². The SMILES string of the molecule is Ic1cc2c3c(ccc2[nH]1)[I-]3.